The van der Waals surface area contributed by atoms with Crippen LogP contribution < -0.4 is 5.32 Å². The van der Waals surface area contributed by atoms with Crippen LogP contribution in [0.5, 0.6) is 0 Å². The lowest BCUT2D eigenvalue weighted by molar-refractivity contribution is 0.0458. The van der Waals surface area contributed by atoms with Crippen molar-refractivity contribution in [2.45, 2.75) is 38.7 Å². The standard InChI is InChI=1S/C14H21N3O4/c1-9-8-10(11(15-9)12(18)19)16-13(20)17-6-3-4-14(2,21)5-7-17/h8,15,21H,3-7H2,1-2H3,(H,16,20)(H,18,19). The van der Waals surface area contributed by atoms with E-state index in [0.717, 1.165) is 6.42 Å². The summed E-state index contributed by atoms with van der Waals surface area (Å²) in [4.78, 5) is 27.7. The van der Waals surface area contributed by atoms with Gasteiger partial charge >= 0.3 is 12.0 Å². The molecule has 0 spiro atoms. The molecule has 0 saturated carbocycles. The van der Waals surface area contributed by atoms with E-state index in [9.17, 15) is 14.7 Å². The highest BCUT2D eigenvalue weighted by molar-refractivity contribution is 5.99. The Labute approximate surface area is 123 Å². The predicted octanol–water partition coefficient (Wildman–Crippen LogP) is 1.79. The summed E-state index contributed by atoms with van der Waals surface area (Å²) in [5.74, 6) is -1.11. The molecule has 21 heavy (non-hydrogen) atoms. The largest absolute Gasteiger partial charge is 0.477 e. The van der Waals surface area contributed by atoms with E-state index in [4.69, 9.17) is 5.11 Å². The maximum atomic E-state index is 12.2. The minimum absolute atomic E-state index is 0.0253. The Morgan fingerprint density at radius 3 is 2.76 bits per heavy atom. The Balaban J connectivity index is 2.06. The summed E-state index contributed by atoms with van der Waals surface area (Å²) in [7, 11) is 0. The summed E-state index contributed by atoms with van der Waals surface area (Å²) in [6.07, 6.45) is 1.89. The topological polar surface area (TPSA) is 106 Å². The molecule has 0 aliphatic carbocycles. The van der Waals surface area contributed by atoms with Crippen LogP contribution in [0.25, 0.3) is 0 Å². The minimum Gasteiger partial charge on any atom is -0.477 e. The fraction of sp³-hybridized carbons (Fsp3) is 0.571. The molecule has 1 atom stereocenters. The molecule has 7 nitrogen and oxygen atoms in total. The third-order valence-corrected chi connectivity index (χ3v) is 3.76. The Morgan fingerprint density at radius 1 is 1.38 bits per heavy atom. The average molecular weight is 295 g/mol. The first-order chi connectivity index (χ1) is 9.78. The summed E-state index contributed by atoms with van der Waals surface area (Å²) in [6.45, 7) is 4.50. The van der Waals surface area contributed by atoms with Crippen molar-refractivity contribution in [1.82, 2.24) is 9.88 Å². The van der Waals surface area contributed by atoms with Gasteiger partial charge in [0.25, 0.3) is 0 Å². The molecule has 1 fully saturated rings. The number of nitrogens with one attached hydrogen (secondary N) is 2. The number of amides is 2. The number of hydrogen-bond donors (Lipinski definition) is 4. The van der Waals surface area contributed by atoms with Gasteiger partial charge in [0.2, 0.25) is 0 Å². The van der Waals surface area contributed by atoms with E-state index in [0.29, 0.717) is 31.6 Å². The second-order valence-electron chi connectivity index (χ2n) is 5.81. The number of carboxylic acid groups (broad SMARTS) is 1. The van der Waals surface area contributed by atoms with Gasteiger partial charge in [-0.25, -0.2) is 9.59 Å². The van der Waals surface area contributed by atoms with Crippen molar-refractivity contribution in [3.8, 4) is 0 Å². The van der Waals surface area contributed by atoms with Crippen molar-refractivity contribution in [2.24, 2.45) is 0 Å². The Morgan fingerprint density at radius 2 is 2.10 bits per heavy atom. The van der Waals surface area contributed by atoms with E-state index >= 15 is 0 Å². The van der Waals surface area contributed by atoms with Crippen molar-refractivity contribution >= 4 is 17.7 Å². The smallest absolute Gasteiger partial charge is 0.354 e. The number of anilines is 1. The van der Waals surface area contributed by atoms with Crippen LogP contribution in [-0.2, 0) is 0 Å². The highest BCUT2D eigenvalue weighted by atomic mass is 16.4. The number of aromatic nitrogens is 1. The molecule has 4 N–H and O–H groups in total. The SMILES string of the molecule is Cc1cc(NC(=O)N2CCCC(C)(O)CC2)c(C(=O)O)[nH]1. The number of aromatic carboxylic acids is 1. The van der Waals surface area contributed by atoms with Crippen molar-refractivity contribution < 1.29 is 19.8 Å². The van der Waals surface area contributed by atoms with E-state index in [-0.39, 0.29) is 17.4 Å². The van der Waals surface area contributed by atoms with Gasteiger partial charge in [0.15, 0.2) is 0 Å². The van der Waals surface area contributed by atoms with Crippen molar-refractivity contribution in [3.05, 3.63) is 17.5 Å². The molecule has 2 heterocycles. The summed E-state index contributed by atoms with van der Waals surface area (Å²) in [5, 5.41) is 21.7. The summed E-state index contributed by atoms with van der Waals surface area (Å²) in [6, 6.07) is 1.25. The van der Waals surface area contributed by atoms with Crippen molar-refractivity contribution in [3.63, 3.8) is 0 Å². The molecular weight excluding hydrogens is 274 g/mol. The maximum Gasteiger partial charge on any atom is 0.354 e. The lowest BCUT2D eigenvalue weighted by Gasteiger charge is -2.22. The normalized spacial score (nSPS) is 22.7. The van der Waals surface area contributed by atoms with Crippen LogP contribution in [0.15, 0.2) is 6.07 Å². The summed E-state index contributed by atoms with van der Waals surface area (Å²) < 4.78 is 0. The molecule has 1 saturated heterocycles. The molecule has 1 aliphatic rings. The van der Waals surface area contributed by atoms with Gasteiger partial charge in [-0.1, -0.05) is 0 Å². The molecule has 1 aromatic rings. The summed E-state index contributed by atoms with van der Waals surface area (Å²) >= 11 is 0. The number of carbonyl (C=O) groups is 2. The number of aliphatic hydroxyl groups is 1. The quantitative estimate of drug-likeness (QED) is 0.667. The number of nitrogens with zero attached hydrogens (tertiary/aromatic N) is 1. The number of urea groups is 1. The molecule has 2 rings (SSSR count). The van der Waals surface area contributed by atoms with Crippen LogP contribution in [-0.4, -0.2) is 50.8 Å². The van der Waals surface area contributed by atoms with Gasteiger partial charge in [0, 0.05) is 18.8 Å². The first-order valence-electron chi connectivity index (χ1n) is 7.00. The number of aryl methyl sites for hydroxylation is 1. The van der Waals surface area contributed by atoms with Gasteiger partial charge in [0.1, 0.15) is 5.69 Å². The zero-order chi connectivity index (χ0) is 15.6. The van der Waals surface area contributed by atoms with E-state index < -0.39 is 11.6 Å². The minimum atomic E-state index is -1.11. The Kier molecular flexibility index (Phi) is 4.22. The molecule has 1 aromatic heterocycles. The number of rotatable bonds is 2. The third-order valence-electron chi connectivity index (χ3n) is 3.76. The molecule has 2 amide bonds. The van der Waals surface area contributed by atoms with Crippen LogP contribution >= 0.6 is 0 Å². The first kappa shape index (κ1) is 15.4. The molecule has 1 aliphatic heterocycles. The molecule has 0 aromatic carbocycles. The second kappa shape index (κ2) is 5.77. The molecule has 0 bridgehead atoms. The monoisotopic (exact) mass is 295 g/mol. The van der Waals surface area contributed by atoms with Crippen molar-refractivity contribution in [1.29, 1.82) is 0 Å². The number of H-pyrrole nitrogens is 1. The number of carboxylic acids is 1. The van der Waals surface area contributed by atoms with Crippen LogP contribution in [0.4, 0.5) is 10.5 Å². The maximum absolute atomic E-state index is 12.2. The van der Waals surface area contributed by atoms with Crippen LogP contribution in [0.3, 0.4) is 0 Å². The fourth-order valence-electron chi connectivity index (χ4n) is 2.52. The fourth-order valence-corrected chi connectivity index (χ4v) is 2.52. The molecule has 7 heteroatoms. The van der Waals surface area contributed by atoms with Crippen LogP contribution in [0, 0.1) is 6.92 Å². The number of aromatic amines is 1. The molecule has 0 radical (unpaired) electrons. The third kappa shape index (κ3) is 3.75. The Bertz CT molecular complexity index is 550. The highest BCUT2D eigenvalue weighted by Crippen LogP contribution is 2.23. The molecule has 1 unspecified atom stereocenters. The van der Waals surface area contributed by atoms with Gasteiger partial charge in [-0.15, -0.1) is 0 Å². The zero-order valence-corrected chi connectivity index (χ0v) is 12.3. The lowest BCUT2D eigenvalue weighted by atomic mass is 9.98. The van der Waals surface area contributed by atoms with E-state index in [1.54, 1.807) is 24.8 Å². The van der Waals surface area contributed by atoms with E-state index in [1.807, 2.05) is 0 Å². The van der Waals surface area contributed by atoms with Crippen molar-refractivity contribution in [2.75, 3.05) is 18.4 Å². The van der Waals surface area contributed by atoms with E-state index in [2.05, 4.69) is 10.3 Å². The zero-order valence-electron chi connectivity index (χ0n) is 12.3. The van der Waals surface area contributed by atoms with Gasteiger partial charge < -0.3 is 25.4 Å². The number of likely N-dealkylation sites (tertiary alicyclic amines) is 1. The predicted molar refractivity (Wildman–Crippen MR) is 77.6 cm³/mol. The van der Waals surface area contributed by atoms with Crippen LogP contribution in [0.1, 0.15) is 42.4 Å². The summed E-state index contributed by atoms with van der Waals surface area (Å²) in [5.41, 5.74) is 0.163. The van der Waals surface area contributed by atoms with E-state index in [1.165, 1.54) is 0 Å². The van der Waals surface area contributed by atoms with Crippen LogP contribution in [0.2, 0.25) is 0 Å². The lowest BCUT2D eigenvalue weighted by Crippen LogP contribution is -2.36. The average Bonchev–Trinajstić information content (AvgIpc) is 2.63. The van der Waals surface area contributed by atoms with Gasteiger partial charge in [-0.3, -0.25) is 0 Å². The highest BCUT2D eigenvalue weighted by Gasteiger charge is 2.27. The molecular formula is C14H21N3O4. The first-order valence-corrected chi connectivity index (χ1v) is 7.00. The molecule has 116 valence electrons. The number of carbonyl (C=O) groups excluding carboxylic acids is 1. The van der Waals surface area contributed by atoms with Gasteiger partial charge in [-0.05, 0) is 39.2 Å². The van der Waals surface area contributed by atoms with Gasteiger partial charge in [-0.2, -0.15) is 0 Å². The number of hydrogen-bond acceptors (Lipinski definition) is 3. The Hall–Kier alpha value is -2.02. The second-order valence-corrected chi connectivity index (χ2v) is 5.81. The van der Waals surface area contributed by atoms with Gasteiger partial charge in [0.05, 0.1) is 11.3 Å².